The molecule has 2 heteroatoms. The maximum absolute atomic E-state index is 11.5. The average Bonchev–Trinajstić information content (AvgIpc) is 2.58. The summed E-state index contributed by atoms with van der Waals surface area (Å²) in [4.78, 5) is 11.5. The Kier molecular flexibility index (Phi) is 18.0. The van der Waals surface area contributed by atoms with Crippen molar-refractivity contribution < 1.29 is 9.53 Å². The summed E-state index contributed by atoms with van der Waals surface area (Å²) in [5.74, 6) is 0.572. The quantitative estimate of drug-likeness (QED) is 0.168. The molecule has 0 amide bonds. The Labute approximate surface area is 156 Å². The maximum atomic E-state index is 11.5. The summed E-state index contributed by atoms with van der Waals surface area (Å²) in [5.41, 5.74) is 0. The highest BCUT2D eigenvalue weighted by Crippen LogP contribution is 2.09. The highest BCUT2D eigenvalue weighted by molar-refractivity contribution is 5.69. The Morgan fingerprint density at radius 2 is 1.44 bits per heavy atom. The van der Waals surface area contributed by atoms with Gasteiger partial charge in [0.1, 0.15) is 0 Å². The largest absolute Gasteiger partial charge is 0.466 e. The summed E-state index contributed by atoms with van der Waals surface area (Å²) >= 11 is 0. The summed E-state index contributed by atoms with van der Waals surface area (Å²) < 4.78 is 5.21. The van der Waals surface area contributed by atoms with E-state index in [1.54, 1.807) is 0 Å². The molecule has 0 aliphatic carbocycles. The van der Waals surface area contributed by atoms with Gasteiger partial charge in [-0.15, -0.1) is 0 Å². The van der Waals surface area contributed by atoms with Crippen molar-refractivity contribution in [3.8, 4) is 0 Å². The van der Waals surface area contributed by atoms with E-state index in [1.807, 2.05) is 0 Å². The van der Waals surface area contributed by atoms with Gasteiger partial charge in [-0.1, -0.05) is 76.5 Å². The fourth-order valence-corrected chi connectivity index (χ4v) is 2.37. The van der Waals surface area contributed by atoms with Crippen molar-refractivity contribution in [3.05, 3.63) is 36.5 Å². The van der Waals surface area contributed by atoms with Gasteiger partial charge in [0.2, 0.25) is 0 Å². The normalized spacial score (nSPS) is 12.2. The van der Waals surface area contributed by atoms with E-state index < -0.39 is 0 Å². The number of rotatable bonds is 16. The molecule has 0 aromatic rings. The lowest BCUT2D eigenvalue weighted by Crippen LogP contribution is -2.07. The molecule has 0 rings (SSSR count). The SMILES string of the molecule is CCC=CCC=CCC=CCCCCCCCC(=O)OCCC(C)C. The van der Waals surface area contributed by atoms with Crippen LogP contribution in [-0.2, 0) is 9.53 Å². The average molecular weight is 349 g/mol. The number of hydrogen-bond donors (Lipinski definition) is 0. The Hall–Kier alpha value is -1.31. The predicted octanol–water partition coefficient (Wildman–Crippen LogP) is 7.17. The molecule has 0 heterocycles. The van der Waals surface area contributed by atoms with E-state index in [9.17, 15) is 4.79 Å². The first-order valence-electron chi connectivity index (χ1n) is 10.3. The van der Waals surface area contributed by atoms with E-state index in [-0.39, 0.29) is 5.97 Å². The van der Waals surface area contributed by atoms with Crippen LogP contribution in [0.3, 0.4) is 0 Å². The Morgan fingerprint density at radius 3 is 2.12 bits per heavy atom. The molecular weight excluding hydrogens is 308 g/mol. The molecule has 0 bridgehead atoms. The number of carbonyl (C=O) groups excluding carboxylic acids is 1. The number of hydrogen-bond acceptors (Lipinski definition) is 2. The molecule has 0 saturated heterocycles. The van der Waals surface area contributed by atoms with Crippen LogP contribution < -0.4 is 0 Å². The second-order valence-corrected chi connectivity index (χ2v) is 7.00. The summed E-state index contributed by atoms with van der Waals surface area (Å²) in [7, 11) is 0. The highest BCUT2D eigenvalue weighted by Gasteiger charge is 2.03. The van der Waals surface area contributed by atoms with Gasteiger partial charge in [0.05, 0.1) is 6.61 Å². The van der Waals surface area contributed by atoms with Gasteiger partial charge in [-0.05, 0) is 50.9 Å². The lowest BCUT2D eigenvalue weighted by molar-refractivity contribution is -0.144. The molecule has 0 N–H and O–H groups in total. The zero-order chi connectivity index (χ0) is 18.6. The highest BCUT2D eigenvalue weighted by atomic mass is 16.5. The molecule has 0 atom stereocenters. The standard InChI is InChI=1S/C23H40O2/c1-4-5-6-7-8-9-10-11-12-13-14-15-16-17-18-19-23(24)25-21-20-22(2)3/h5-6,8-9,11-12,22H,4,7,10,13-21H2,1-3H3. The van der Waals surface area contributed by atoms with Crippen LogP contribution in [0.4, 0.5) is 0 Å². The minimum atomic E-state index is -0.0261. The van der Waals surface area contributed by atoms with Crippen molar-refractivity contribution in [1.82, 2.24) is 0 Å². The number of ether oxygens (including phenoxy) is 1. The van der Waals surface area contributed by atoms with Crippen LogP contribution in [-0.4, -0.2) is 12.6 Å². The van der Waals surface area contributed by atoms with Gasteiger partial charge in [-0.25, -0.2) is 0 Å². The van der Waals surface area contributed by atoms with Crippen LogP contribution in [0.5, 0.6) is 0 Å². The monoisotopic (exact) mass is 348 g/mol. The molecule has 0 aliphatic rings. The van der Waals surface area contributed by atoms with Gasteiger partial charge < -0.3 is 4.74 Å². The lowest BCUT2D eigenvalue weighted by atomic mass is 10.1. The zero-order valence-electron chi connectivity index (χ0n) is 16.8. The molecule has 0 fully saturated rings. The molecule has 144 valence electrons. The molecule has 2 nitrogen and oxygen atoms in total. The predicted molar refractivity (Wildman–Crippen MR) is 110 cm³/mol. The topological polar surface area (TPSA) is 26.3 Å². The van der Waals surface area contributed by atoms with Gasteiger partial charge in [-0.3, -0.25) is 4.79 Å². The molecule has 0 saturated carbocycles. The fourth-order valence-electron chi connectivity index (χ4n) is 2.37. The van der Waals surface area contributed by atoms with Gasteiger partial charge in [0.25, 0.3) is 0 Å². The molecule has 0 aliphatic heterocycles. The number of allylic oxidation sites excluding steroid dienone is 6. The first kappa shape index (κ1) is 23.7. The number of carbonyl (C=O) groups is 1. The van der Waals surface area contributed by atoms with Gasteiger partial charge >= 0.3 is 5.97 Å². The van der Waals surface area contributed by atoms with E-state index in [0.29, 0.717) is 18.9 Å². The number of esters is 1. The van der Waals surface area contributed by atoms with Crippen LogP contribution in [0.25, 0.3) is 0 Å². The molecule has 0 unspecified atom stereocenters. The summed E-state index contributed by atoms with van der Waals surface area (Å²) in [5, 5.41) is 0. The van der Waals surface area contributed by atoms with Crippen molar-refractivity contribution in [2.75, 3.05) is 6.61 Å². The van der Waals surface area contributed by atoms with Crippen molar-refractivity contribution >= 4 is 5.97 Å². The molecule has 0 aromatic heterocycles. The third-order valence-corrected chi connectivity index (χ3v) is 3.99. The zero-order valence-corrected chi connectivity index (χ0v) is 16.8. The molecule has 25 heavy (non-hydrogen) atoms. The fraction of sp³-hybridized carbons (Fsp3) is 0.696. The van der Waals surface area contributed by atoms with Crippen LogP contribution >= 0.6 is 0 Å². The smallest absolute Gasteiger partial charge is 0.305 e. The van der Waals surface area contributed by atoms with Crippen LogP contribution in [0.2, 0.25) is 0 Å². The first-order chi connectivity index (χ1) is 12.2. The van der Waals surface area contributed by atoms with E-state index in [4.69, 9.17) is 4.74 Å². The van der Waals surface area contributed by atoms with E-state index in [0.717, 1.165) is 38.5 Å². The second kappa shape index (κ2) is 19.0. The maximum Gasteiger partial charge on any atom is 0.305 e. The van der Waals surface area contributed by atoms with Gasteiger partial charge in [-0.2, -0.15) is 0 Å². The van der Waals surface area contributed by atoms with Crippen LogP contribution in [0, 0.1) is 5.92 Å². The molecule has 0 aromatic carbocycles. The van der Waals surface area contributed by atoms with Crippen molar-refractivity contribution in [1.29, 1.82) is 0 Å². The Bertz CT molecular complexity index is 378. The third kappa shape index (κ3) is 20.6. The van der Waals surface area contributed by atoms with E-state index in [1.165, 1.54) is 25.7 Å². The summed E-state index contributed by atoms with van der Waals surface area (Å²) in [6.45, 7) is 7.03. The Morgan fingerprint density at radius 1 is 0.840 bits per heavy atom. The molecular formula is C23H40O2. The third-order valence-electron chi connectivity index (χ3n) is 3.99. The van der Waals surface area contributed by atoms with Crippen molar-refractivity contribution in [2.45, 2.75) is 91.4 Å². The first-order valence-corrected chi connectivity index (χ1v) is 10.3. The van der Waals surface area contributed by atoms with Crippen molar-refractivity contribution in [3.63, 3.8) is 0 Å². The molecule has 0 spiro atoms. The summed E-state index contributed by atoms with van der Waals surface area (Å²) in [6.07, 6.45) is 25.2. The van der Waals surface area contributed by atoms with E-state index >= 15 is 0 Å². The molecule has 0 radical (unpaired) electrons. The lowest BCUT2D eigenvalue weighted by Gasteiger charge is -2.06. The van der Waals surface area contributed by atoms with Crippen LogP contribution in [0.15, 0.2) is 36.5 Å². The van der Waals surface area contributed by atoms with Crippen molar-refractivity contribution in [2.24, 2.45) is 5.92 Å². The summed E-state index contributed by atoms with van der Waals surface area (Å²) in [6, 6.07) is 0. The van der Waals surface area contributed by atoms with Gasteiger partial charge in [0, 0.05) is 6.42 Å². The Balaban J connectivity index is 3.31. The van der Waals surface area contributed by atoms with E-state index in [2.05, 4.69) is 57.2 Å². The van der Waals surface area contributed by atoms with Gasteiger partial charge in [0.15, 0.2) is 0 Å². The number of unbranched alkanes of at least 4 members (excludes halogenated alkanes) is 5. The minimum Gasteiger partial charge on any atom is -0.466 e. The van der Waals surface area contributed by atoms with Crippen LogP contribution in [0.1, 0.15) is 91.4 Å². The second-order valence-electron chi connectivity index (χ2n) is 7.00. The minimum absolute atomic E-state index is 0.0261.